The van der Waals surface area contributed by atoms with E-state index < -0.39 is 0 Å². The van der Waals surface area contributed by atoms with Crippen LogP contribution in [-0.2, 0) is 13.1 Å². The zero-order chi connectivity index (χ0) is 11.5. The number of rotatable bonds is 6. The number of aryl methyl sites for hydroxylation is 2. The fraction of sp³-hybridized carbons (Fsp3) is 0.750. The molecule has 1 aromatic rings. The maximum Gasteiger partial charge on any atom is 0.0912 e. The Morgan fingerprint density at radius 3 is 2.81 bits per heavy atom. The van der Waals surface area contributed by atoms with E-state index in [9.17, 15) is 4.39 Å². The topological polar surface area (TPSA) is 29.9 Å². The molecule has 3 nitrogen and oxygen atoms in total. The number of halogens is 1. The van der Waals surface area contributed by atoms with E-state index in [0.717, 1.165) is 12.2 Å². The molecular weight excluding hydrogens is 205 g/mol. The molecule has 1 aliphatic rings. The van der Waals surface area contributed by atoms with Gasteiger partial charge in [-0.05, 0) is 33.1 Å². The van der Waals surface area contributed by atoms with Gasteiger partial charge in [0.15, 0.2) is 0 Å². The molecule has 4 heteroatoms. The van der Waals surface area contributed by atoms with Crippen LogP contribution in [-0.4, -0.2) is 22.5 Å². The second-order valence-electron chi connectivity index (χ2n) is 4.57. The fourth-order valence-electron chi connectivity index (χ4n) is 1.95. The van der Waals surface area contributed by atoms with Gasteiger partial charge in [0.05, 0.1) is 12.4 Å². The van der Waals surface area contributed by atoms with Crippen molar-refractivity contribution in [1.29, 1.82) is 0 Å². The van der Waals surface area contributed by atoms with Crippen LogP contribution in [0.25, 0.3) is 0 Å². The van der Waals surface area contributed by atoms with Crippen LogP contribution in [0.2, 0.25) is 0 Å². The summed E-state index contributed by atoms with van der Waals surface area (Å²) in [5.41, 5.74) is 3.54. The lowest BCUT2D eigenvalue weighted by molar-refractivity contribution is 0.431. The summed E-state index contributed by atoms with van der Waals surface area (Å²) in [5.74, 6) is 0. The minimum Gasteiger partial charge on any atom is -0.310 e. The van der Waals surface area contributed by atoms with Crippen molar-refractivity contribution in [3.63, 3.8) is 0 Å². The summed E-state index contributed by atoms with van der Waals surface area (Å²) in [5, 5.41) is 7.95. The molecule has 0 aromatic carbocycles. The first-order valence-corrected chi connectivity index (χ1v) is 6.04. The van der Waals surface area contributed by atoms with Crippen LogP contribution < -0.4 is 5.32 Å². The normalized spacial score (nSPS) is 15.7. The Balaban J connectivity index is 2.01. The molecule has 2 rings (SSSR count). The largest absolute Gasteiger partial charge is 0.310 e. The lowest BCUT2D eigenvalue weighted by atomic mass is 10.2. The molecule has 0 aliphatic heterocycles. The van der Waals surface area contributed by atoms with Crippen molar-refractivity contribution in [2.45, 2.75) is 52.2 Å². The van der Waals surface area contributed by atoms with Crippen LogP contribution >= 0.6 is 0 Å². The van der Waals surface area contributed by atoms with Crippen molar-refractivity contribution in [3.05, 3.63) is 17.0 Å². The summed E-state index contributed by atoms with van der Waals surface area (Å²) in [6.07, 6.45) is 3.15. The lowest BCUT2D eigenvalue weighted by Gasteiger charge is -2.05. The SMILES string of the molecule is Cc1nn(CCCF)c(C)c1CNC1CC1. The molecule has 0 bridgehead atoms. The first kappa shape index (κ1) is 11.6. The molecule has 90 valence electrons. The third-order valence-electron chi connectivity index (χ3n) is 3.18. The third kappa shape index (κ3) is 2.61. The summed E-state index contributed by atoms with van der Waals surface area (Å²) in [6.45, 7) is 5.42. The van der Waals surface area contributed by atoms with Gasteiger partial charge in [-0.1, -0.05) is 0 Å². The summed E-state index contributed by atoms with van der Waals surface area (Å²) >= 11 is 0. The summed E-state index contributed by atoms with van der Waals surface area (Å²) in [6, 6.07) is 0.716. The van der Waals surface area contributed by atoms with E-state index in [-0.39, 0.29) is 6.67 Å². The van der Waals surface area contributed by atoms with Crippen LogP contribution in [0, 0.1) is 13.8 Å². The smallest absolute Gasteiger partial charge is 0.0912 e. The molecule has 1 aromatic heterocycles. The molecule has 1 heterocycles. The van der Waals surface area contributed by atoms with Crippen molar-refractivity contribution in [3.8, 4) is 0 Å². The number of hydrogen-bond donors (Lipinski definition) is 1. The monoisotopic (exact) mass is 225 g/mol. The van der Waals surface area contributed by atoms with Crippen LogP contribution in [0.4, 0.5) is 4.39 Å². The van der Waals surface area contributed by atoms with Crippen molar-refractivity contribution < 1.29 is 4.39 Å². The molecule has 16 heavy (non-hydrogen) atoms. The minimum atomic E-state index is -0.270. The van der Waals surface area contributed by atoms with Gasteiger partial charge in [0.25, 0.3) is 0 Å². The summed E-state index contributed by atoms with van der Waals surface area (Å²) < 4.78 is 14.1. The van der Waals surface area contributed by atoms with Gasteiger partial charge in [-0.25, -0.2) is 0 Å². The maximum absolute atomic E-state index is 12.1. The van der Waals surface area contributed by atoms with Gasteiger partial charge in [-0.15, -0.1) is 0 Å². The predicted octanol–water partition coefficient (Wildman–Crippen LogP) is 2.11. The molecule has 0 radical (unpaired) electrons. The average molecular weight is 225 g/mol. The summed E-state index contributed by atoms with van der Waals surface area (Å²) in [7, 11) is 0. The van der Waals surface area contributed by atoms with E-state index in [2.05, 4.69) is 17.3 Å². The van der Waals surface area contributed by atoms with E-state index in [4.69, 9.17) is 0 Å². The molecule has 0 atom stereocenters. The summed E-state index contributed by atoms with van der Waals surface area (Å²) in [4.78, 5) is 0. The highest BCUT2D eigenvalue weighted by atomic mass is 19.1. The molecule has 1 fully saturated rings. The second-order valence-corrected chi connectivity index (χ2v) is 4.57. The Labute approximate surface area is 96.0 Å². The van der Waals surface area contributed by atoms with Gasteiger partial charge in [0.1, 0.15) is 0 Å². The van der Waals surface area contributed by atoms with Crippen LogP contribution in [0.5, 0.6) is 0 Å². The third-order valence-corrected chi connectivity index (χ3v) is 3.18. The minimum absolute atomic E-state index is 0.270. The molecule has 0 unspecified atom stereocenters. The van der Waals surface area contributed by atoms with E-state index in [0.29, 0.717) is 19.0 Å². The number of alkyl halides is 1. The van der Waals surface area contributed by atoms with E-state index in [1.807, 2.05) is 11.6 Å². The van der Waals surface area contributed by atoms with Gasteiger partial charge in [0.2, 0.25) is 0 Å². The zero-order valence-corrected chi connectivity index (χ0v) is 10.1. The highest BCUT2D eigenvalue weighted by Crippen LogP contribution is 2.21. The Morgan fingerprint density at radius 1 is 1.44 bits per heavy atom. The van der Waals surface area contributed by atoms with E-state index >= 15 is 0 Å². The first-order chi connectivity index (χ1) is 7.72. The lowest BCUT2D eigenvalue weighted by Crippen LogP contribution is -2.16. The Bertz CT molecular complexity index is 355. The Morgan fingerprint density at radius 2 is 2.19 bits per heavy atom. The average Bonchev–Trinajstić information content (AvgIpc) is 3.03. The highest BCUT2D eigenvalue weighted by molar-refractivity contribution is 5.24. The van der Waals surface area contributed by atoms with Crippen molar-refractivity contribution in [1.82, 2.24) is 15.1 Å². The molecule has 1 saturated carbocycles. The molecule has 0 spiro atoms. The highest BCUT2D eigenvalue weighted by Gasteiger charge is 2.21. The Kier molecular flexibility index (Phi) is 3.59. The molecule has 0 amide bonds. The Hall–Kier alpha value is -0.900. The van der Waals surface area contributed by atoms with E-state index in [1.165, 1.54) is 24.1 Å². The van der Waals surface area contributed by atoms with Gasteiger partial charge < -0.3 is 5.32 Å². The fourth-order valence-corrected chi connectivity index (χ4v) is 1.95. The number of aromatic nitrogens is 2. The quantitative estimate of drug-likeness (QED) is 0.803. The van der Waals surface area contributed by atoms with Crippen molar-refractivity contribution >= 4 is 0 Å². The number of nitrogens with zero attached hydrogens (tertiary/aromatic N) is 2. The van der Waals surface area contributed by atoms with E-state index in [1.54, 1.807) is 0 Å². The van der Waals surface area contributed by atoms with Crippen LogP contribution in [0.1, 0.15) is 36.2 Å². The van der Waals surface area contributed by atoms with Crippen LogP contribution in [0.15, 0.2) is 0 Å². The first-order valence-electron chi connectivity index (χ1n) is 6.04. The maximum atomic E-state index is 12.1. The molecule has 0 saturated heterocycles. The van der Waals surface area contributed by atoms with Crippen molar-refractivity contribution in [2.75, 3.05) is 6.67 Å². The van der Waals surface area contributed by atoms with Crippen LogP contribution in [0.3, 0.4) is 0 Å². The van der Waals surface area contributed by atoms with Gasteiger partial charge >= 0.3 is 0 Å². The predicted molar refractivity (Wildman–Crippen MR) is 62.2 cm³/mol. The molecular formula is C12H20FN3. The number of nitrogens with one attached hydrogen (secondary N) is 1. The van der Waals surface area contributed by atoms with Gasteiger partial charge in [0, 0.05) is 30.4 Å². The number of hydrogen-bond acceptors (Lipinski definition) is 2. The molecule has 1 N–H and O–H groups in total. The van der Waals surface area contributed by atoms with Gasteiger partial charge in [-0.3, -0.25) is 9.07 Å². The van der Waals surface area contributed by atoms with Crippen molar-refractivity contribution in [2.24, 2.45) is 0 Å². The molecule has 1 aliphatic carbocycles. The van der Waals surface area contributed by atoms with Gasteiger partial charge in [-0.2, -0.15) is 5.10 Å². The zero-order valence-electron chi connectivity index (χ0n) is 10.1. The standard InChI is InChI=1S/C12H20FN3/c1-9-12(8-14-11-4-5-11)10(2)16(15-9)7-3-6-13/h11,14H,3-8H2,1-2H3. The second kappa shape index (κ2) is 4.95.